The van der Waals surface area contributed by atoms with Crippen LogP contribution < -0.4 is 0 Å². The van der Waals surface area contributed by atoms with Gasteiger partial charge in [-0.15, -0.1) is 0 Å². The minimum atomic E-state index is -0.231. The second-order valence-corrected chi connectivity index (χ2v) is 5.16. The maximum absolute atomic E-state index is 12.9. The summed E-state index contributed by atoms with van der Waals surface area (Å²) in [7, 11) is 0. The number of halogens is 2. The van der Waals surface area contributed by atoms with E-state index in [1.807, 2.05) is 0 Å². The SMILES string of the molecule is Fc1ccc(COCC2CCOCC2)c(Br)c1. The molecule has 2 nitrogen and oxygen atoms in total. The molecule has 1 aromatic rings. The molecule has 94 valence electrons. The average molecular weight is 303 g/mol. The van der Waals surface area contributed by atoms with Crippen molar-refractivity contribution in [3.63, 3.8) is 0 Å². The van der Waals surface area contributed by atoms with Crippen LogP contribution >= 0.6 is 15.9 Å². The van der Waals surface area contributed by atoms with Gasteiger partial charge in [0.1, 0.15) is 5.82 Å². The summed E-state index contributed by atoms with van der Waals surface area (Å²) in [5.41, 5.74) is 0.985. The summed E-state index contributed by atoms with van der Waals surface area (Å²) in [4.78, 5) is 0. The molecule has 1 aliphatic heterocycles. The zero-order valence-corrected chi connectivity index (χ0v) is 11.2. The summed E-state index contributed by atoms with van der Waals surface area (Å²) < 4.78 is 24.6. The molecule has 0 atom stereocenters. The number of benzene rings is 1. The lowest BCUT2D eigenvalue weighted by molar-refractivity contribution is 0.0156. The molecule has 0 N–H and O–H groups in total. The minimum Gasteiger partial charge on any atom is -0.381 e. The quantitative estimate of drug-likeness (QED) is 0.847. The van der Waals surface area contributed by atoms with Crippen LogP contribution in [0.5, 0.6) is 0 Å². The molecule has 1 aliphatic rings. The Morgan fingerprint density at radius 1 is 1.35 bits per heavy atom. The number of rotatable bonds is 4. The lowest BCUT2D eigenvalue weighted by atomic mass is 10.0. The highest BCUT2D eigenvalue weighted by Crippen LogP contribution is 2.20. The Morgan fingerprint density at radius 2 is 2.12 bits per heavy atom. The van der Waals surface area contributed by atoms with E-state index in [9.17, 15) is 4.39 Å². The number of hydrogen-bond acceptors (Lipinski definition) is 2. The molecule has 4 heteroatoms. The Kier molecular flexibility index (Phi) is 4.95. The second kappa shape index (κ2) is 6.47. The molecule has 17 heavy (non-hydrogen) atoms. The van der Waals surface area contributed by atoms with Gasteiger partial charge < -0.3 is 9.47 Å². The molecular weight excluding hydrogens is 287 g/mol. The molecule has 0 unspecified atom stereocenters. The average Bonchev–Trinajstić information content (AvgIpc) is 2.33. The Bertz CT molecular complexity index is 364. The topological polar surface area (TPSA) is 18.5 Å². The van der Waals surface area contributed by atoms with Crippen molar-refractivity contribution < 1.29 is 13.9 Å². The maximum atomic E-state index is 12.9. The minimum absolute atomic E-state index is 0.231. The maximum Gasteiger partial charge on any atom is 0.124 e. The fraction of sp³-hybridized carbons (Fsp3) is 0.538. The normalized spacial score (nSPS) is 17.3. The summed E-state index contributed by atoms with van der Waals surface area (Å²) in [6.45, 7) is 2.97. The third-order valence-electron chi connectivity index (χ3n) is 2.97. The monoisotopic (exact) mass is 302 g/mol. The Hall–Kier alpha value is -0.450. The van der Waals surface area contributed by atoms with E-state index in [-0.39, 0.29) is 5.82 Å². The van der Waals surface area contributed by atoms with Gasteiger partial charge in [-0.2, -0.15) is 0 Å². The standard InChI is InChI=1S/C13H16BrFO2/c14-13-7-12(15)2-1-11(13)9-17-8-10-3-5-16-6-4-10/h1-2,7,10H,3-6,8-9H2. The van der Waals surface area contributed by atoms with Crippen molar-refractivity contribution in [3.05, 3.63) is 34.1 Å². The van der Waals surface area contributed by atoms with Gasteiger partial charge in [-0.3, -0.25) is 0 Å². The van der Waals surface area contributed by atoms with Gasteiger partial charge in [0.15, 0.2) is 0 Å². The summed E-state index contributed by atoms with van der Waals surface area (Å²) in [6.07, 6.45) is 2.15. The first-order valence-electron chi connectivity index (χ1n) is 5.85. The van der Waals surface area contributed by atoms with Crippen LogP contribution in [0.25, 0.3) is 0 Å². The van der Waals surface area contributed by atoms with Crippen molar-refractivity contribution in [3.8, 4) is 0 Å². The second-order valence-electron chi connectivity index (χ2n) is 4.31. The largest absolute Gasteiger partial charge is 0.381 e. The first-order chi connectivity index (χ1) is 8.25. The molecule has 1 saturated heterocycles. The van der Waals surface area contributed by atoms with E-state index in [0.717, 1.165) is 42.7 Å². The van der Waals surface area contributed by atoms with Crippen molar-refractivity contribution in [2.24, 2.45) is 5.92 Å². The first kappa shape index (κ1) is 13.0. The predicted molar refractivity (Wildman–Crippen MR) is 67.3 cm³/mol. The summed E-state index contributed by atoms with van der Waals surface area (Å²) >= 11 is 3.33. The van der Waals surface area contributed by atoms with Crippen LogP contribution in [0.1, 0.15) is 18.4 Å². The molecule has 0 aliphatic carbocycles. The zero-order chi connectivity index (χ0) is 12.1. The molecule has 2 rings (SSSR count). The van der Waals surface area contributed by atoms with E-state index in [1.165, 1.54) is 12.1 Å². The van der Waals surface area contributed by atoms with Crippen molar-refractivity contribution in [2.45, 2.75) is 19.4 Å². The Morgan fingerprint density at radius 3 is 2.82 bits per heavy atom. The highest BCUT2D eigenvalue weighted by Gasteiger charge is 2.13. The van der Waals surface area contributed by atoms with Gasteiger partial charge in [0.2, 0.25) is 0 Å². The lowest BCUT2D eigenvalue weighted by Crippen LogP contribution is -2.20. The molecule has 0 radical (unpaired) electrons. The van der Waals surface area contributed by atoms with E-state index < -0.39 is 0 Å². The van der Waals surface area contributed by atoms with Gasteiger partial charge in [0, 0.05) is 17.7 Å². The van der Waals surface area contributed by atoms with E-state index in [4.69, 9.17) is 9.47 Å². The lowest BCUT2D eigenvalue weighted by Gasteiger charge is -2.21. The summed E-state index contributed by atoms with van der Waals surface area (Å²) in [5.74, 6) is 0.369. The Labute approximate surface area is 109 Å². The van der Waals surface area contributed by atoms with E-state index in [0.29, 0.717) is 12.5 Å². The highest BCUT2D eigenvalue weighted by atomic mass is 79.9. The van der Waals surface area contributed by atoms with Crippen LogP contribution in [0.3, 0.4) is 0 Å². The fourth-order valence-electron chi connectivity index (χ4n) is 1.89. The molecule has 1 heterocycles. The molecule has 0 saturated carbocycles. The molecular formula is C13H16BrFO2. The number of ether oxygens (including phenoxy) is 2. The van der Waals surface area contributed by atoms with E-state index in [1.54, 1.807) is 6.07 Å². The van der Waals surface area contributed by atoms with Crippen LogP contribution in [0.4, 0.5) is 4.39 Å². The van der Waals surface area contributed by atoms with Crippen molar-refractivity contribution >= 4 is 15.9 Å². The van der Waals surface area contributed by atoms with Gasteiger partial charge >= 0.3 is 0 Å². The van der Waals surface area contributed by atoms with Crippen LogP contribution in [-0.2, 0) is 16.1 Å². The number of hydrogen-bond donors (Lipinski definition) is 0. The zero-order valence-electron chi connectivity index (χ0n) is 9.62. The fourth-order valence-corrected chi connectivity index (χ4v) is 2.35. The molecule has 1 fully saturated rings. The van der Waals surface area contributed by atoms with Gasteiger partial charge in [-0.05, 0) is 36.5 Å². The van der Waals surface area contributed by atoms with E-state index >= 15 is 0 Å². The third-order valence-corrected chi connectivity index (χ3v) is 3.71. The molecule has 0 bridgehead atoms. The van der Waals surface area contributed by atoms with Crippen molar-refractivity contribution in [2.75, 3.05) is 19.8 Å². The van der Waals surface area contributed by atoms with Crippen LogP contribution in [0, 0.1) is 11.7 Å². The van der Waals surface area contributed by atoms with Crippen molar-refractivity contribution in [1.82, 2.24) is 0 Å². The highest BCUT2D eigenvalue weighted by molar-refractivity contribution is 9.10. The molecule has 0 amide bonds. The van der Waals surface area contributed by atoms with Crippen LogP contribution in [0.2, 0.25) is 0 Å². The van der Waals surface area contributed by atoms with Gasteiger partial charge in [0.05, 0.1) is 13.2 Å². The smallest absolute Gasteiger partial charge is 0.124 e. The van der Waals surface area contributed by atoms with E-state index in [2.05, 4.69) is 15.9 Å². The molecule has 0 aromatic heterocycles. The summed E-state index contributed by atoms with van der Waals surface area (Å²) in [6, 6.07) is 4.68. The van der Waals surface area contributed by atoms with Crippen LogP contribution in [-0.4, -0.2) is 19.8 Å². The first-order valence-corrected chi connectivity index (χ1v) is 6.64. The molecule has 0 spiro atoms. The van der Waals surface area contributed by atoms with Gasteiger partial charge in [-0.1, -0.05) is 22.0 Å². The summed E-state index contributed by atoms with van der Waals surface area (Å²) in [5, 5.41) is 0. The van der Waals surface area contributed by atoms with Gasteiger partial charge in [-0.25, -0.2) is 4.39 Å². The van der Waals surface area contributed by atoms with Crippen LogP contribution in [0.15, 0.2) is 22.7 Å². The predicted octanol–water partition coefficient (Wildman–Crippen LogP) is 3.53. The Balaban J connectivity index is 1.77. The van der Waals surface area contributed by atoms with Crippen molar-refractivity contribution in [1.29, 1.82) is 0 Å². The third kappa shape index (κ3) is 4.05. The molecule has 1 aromatic carbocycles. The van der Waals surface area contributed by atoms with Gasteiger partial charge in [0.25, 0.3) is 0 Å².